The van der Waals surface area contributed by atoms with Crippen LogP contribution in [0.4, 0.5) is 0 Å². The third kappa shape index (κ3) is 6.19. The molecule has 1 atom stereocenters. The standard InChI is InChI=1S/C16H30N6O.HI/c1-4-15-20-19-13-22(15)10-8-18-16(17-5-2)21-9-7-14(11-21)12-23-6-3;/h13-14H,4-12H2,1-3H3,(H,17,18);1H. The molecule has 0 bridgehead atoms. The van der Waals surface area contributed by atoms with Gasteiger partial charge in [-0.15, -0.1) is 34.2 Å². The third-order valence-electron chi connectivity index (χ3n) is 4.09. The number of nitrogens with zero attached hydrogens (tertiary/aromatic N) is 5. The highest BCUT2D eigenvalue weighted by Crippen LogP contribution is 2.16. The summed E-state index contributed by atoms with van der Waals surface area (Å²) in [5, 5.41) is 11.5. The topological polar surface area (TPSA) is 67.6 Å². The van der Waals surface area contributed by atoms with Crippen LogP contribution in [0.1, 0.15) is 33.0 Å². The van der Waals surface area contributed by atoms with E-state index in [1.807, 2.05) is 6.92 Å². The lowest BCUT2D eigenvalue weighted by Gasteiger charge is -2.21. The molecule has 1 aromatic rings. The molecule has 1 fully saturated rings. The number of hydrogen-bond donors (Lipinski definition) is 1. The van der Waals surface area contributed by atoms with Crippen LogP contribution in [-0.4, -0.2) is 65.0 Å². The van der Waals surface area contributed by atoms with Crippen molar-refractivity contribution >= 4 is 29.9 Å². The zero-order chi connectivity index (χ0) is 16.5. The lowest BCUT2D eigenvalue weighted by molar-refractivity contribution is 0.114. The summed E-state index contributed by atoms with van der Waals surface area (Å²) in [6.07, 6.45) is 3.86. The Labute approximate surface area is 162 Å². The van der Waals surface area contributed by atoms with E-state index in [1.165, 1.54) is 6.42 Å². The lowest BCUT2D eigenvalue weighted by Crippen LogP contribution is -2.40. The smallest absolute Gasteiger partial charge is 0.193 e. The van der Waals surface area contributed by atoms with Crippen molar-refractivity contribution in [2.24, 2.45) is 10.9 Å². The van der Waals surface area contributed by atoms with Gasteiger partial charge in [0, 0.05) is 45.1 Å². The van der Waals surface area contributed by atoms with Gasteiger partial charge in [-0.1, -0.05) is 6.92 Å². The van der Waals surface area contributed by atoms with Crippen molar-refractivity contribution in [1.29, 1.82) is 0 Å². The summed E-state index contributed by atoms with van der Waals surface area (Å²) in [7, 11) is 0. The highest BCUT2D eigenvalue weighted by atomic mass is 127. The van der Waals surface area contributed by atoms with E-state index in [4.69, 9.17) is 9.73 Å². The van der Waals surface area contributed by atoms with Crippen molar-refractivity contribution in [3.63, 3.8) is 0 Å². The predicted octanol–water partition coefficient (Wildman–Crippen LogP) is 1.78. The Bertz CT molecular complexity index is 493. The SMILES string of the molecule is CCNC(=NCCn1cnnc1CC)N1CCC(COCC)C1.I. The van der Waals surface area contributed by atoms with Crippen molar-refractivity contribution in [1.82, 2.24) is 25.0 Å². The van der Waals surface area contributed by atoms with Gasteiger partial charge in [-0.25, -0.2) is 0 Å². The zero-order valence-electron chi connectivity index (χ0n) is 15.1. The highest BCUT2D eigenvalue weighted by molar-refractivity contribution is 14.0. The molecule has 0 aromatic carbocycles. The van der Waals surface area contributed by atoms with Gasteiger partial charge in [-0.05, 0) is 20.3 Å². The van der Waals surface area contributed by atoms with Crippen LogP contribution in [0.15, 0.2) is 11.3 Å². The van der Waals surface area contributed by atoms with E-state index in [9.17, 15) is 0 Å². The minimum absolute atomic E-state index is 0. The fraction of sp³-hybridized carbons (Fsp3) is 0.812. The number of guanidine groups is 1. The summed E-state index contributed by atoms with van der Waals surface area (Å²) in [4.78, 5) is 7.12. The monoisotopic (exact) mass is 450 g/mol. The molecule has 1 N–H and O–H groups in total. The molecule has 1 unspecified atom stereocenters. The number of hydrogen-bond acceptors (Lipinski definition) is 4. The Morgan fingerprint density at radius 1 is 1.42 bits per heavy atom. The van der Waals surface area contributed by atoms with E-state index in [2.05, 4.69) is 38.8 Å². The van der Waals surface area contributed by atoms with Gasteiger partial charge in [0.25, 0.3) is 0 Å². The maximum Gasteiger partial charge on any atom is 0.193 e. The molecule has 1 aliphatic heterocycles. The van der Waals surface area contributed by atoms with Crippen molar-refractivity contribution in [2.45, 2.75) is 40.2 Å². The van der Waals surface area contributed by atoms with Gasteiger partial charge in [0.05, 0.1) is 13.2 Å². The van der Waals surface area contributed by atoms with Crippen molar-refractivity contribution in [3.8, 4) is 0 Å². The summed E-state index contributed by atoms with van der Waals surface area (Å²) in [6, 6.07) is 0. The minimum Gasteiger partial charge on any atom is -0.381 e. The number of ether oxygens (including phenoxy) is 1. The average Bonchev–Trinajstić information content (AvgIpc) is 3.21. The fourth-order valence-electron chi connectivity index (χ4n) is 2.87. The summed E-state index contributed by atoms with van der Waals surface area (Å²) >= 11 is 0. The van der Waals surface area contributed by atoms with Crippen molar-refractivity contribution in [2.75, 3.05) is 39.4 Å². The molecule has 0 aliphatic carbocycles. The van der Waals surface area contributed by atoms with Crippen LogP contribution >= 0.6 is 24.0 Å². The van der Waals surface area contributed by atoms with E-state index in [0.717, 1.165) is 64.1 Å². The minimum atomic E-state index is 0. The third-order valence-corrected chi connectivity index (χ3v) is 4.09. The number of rotatable bonds is 8. The van der Waals surface area contributed by atoms with Gasteiger partial charge in [0.2, 0.25) is 0 Å². The van der Waals surface area contributed by atoms with Gasteiger partial charge < -0.3 is 19.5 Å². The second-order valence-electron chi connectivity index (χ2n) is 5.79. The first-order valence-electron chi connectivity index (χ1n) is 8.76. The molecule has 0 spiro atoms. The van der Waals surface area contributed by atoms with Gasteiger partial charge >= 0.3 is 0 Å². The summed E-state index contributed by atoms with van der Waals surface area (Å²) < 4.78 is 7.64. The number of likely N-dealkylation sites (tertiary alicyclic amines) is 1. The molecule has 0 saturated carbocycles. The van der Waals surface area contributed by atoms with E-state index in [1.54, 1.807) is 6.33 Å². The van der Waals surface area contributed by atoms with Crippen LogP contribution in [0.5, 0.6) is 0 Å². The van der Waals surface area contributed by atoms with Crippen LogP contribution in [0.25, 0.3) is 0 Å². The Morgan fingerprint density at radius 3 is 2.96 bits per heavy atom. The van der Waals surface area contributed by atoms with E-state index in [-0.39, 0.29) is 24.0 Å². The zero-order valence-corrected chi connectivity index (χ0v) is 17.4. The van der Waals surface area contributed by atoms with E-state index in [0.29, 0.717) is 5.92 Å². The highest BCUT2D eigenvalue weighted by Gasteiger charge is 2.24. The van der Waals surface area contributed by atoms with Gasteiger partial charge in [-0.2, -0.15) is 0 Å². The Kier molecular flexibility index (Phi) is 10.2. The molecule has 8 heteroatoms. The predicted molar refractivity (Wildman–Crippen MR) is 107 cm³/mol. The van der Waals surface area contributed by atoms with Gasteiger partial charge in [0.1, 0.15) is 12.2 Å². The van der Waals surface area contributed by atoms with Crippen LogP contribution in [0.2, 0.25) is 0 Å². The van der Waals surface area contributed by atoms with Crippen LogP contribution in [0.3, 0.4) is 0 Å². The lowest BCUT2D eigenvalue weighted by atomic mass is 10.1. The molecule has 1 saturated heterocycles. The van der Waals surface area contributed by atoms with Crippen molar-refractivity contribution in [3.05, 3.63) is 12.2 Å². The molecule has 2 rings (SSSR count). The molecule has 24 heavy (non-hydrogen) atoms. The number of aryl methyl sites for hydroxylation is 1. The molecule has 1 aromatic heterocycles. The van der Waals surface area contributed by atoms with Gasteiger partial charge in [-0.3, -0.25) is 4.99 Å². The number of aromatic nitrogens is 3. The maximum absolute atomic E-state index is 5.56. The number of aliphatic imine (C=N–C) groups is 1. The molecule has 1 aliphatic rings. The second kappa shape index (κ2) is 11.6. The maximum atomic E-state index is 5.56. The van der Waals surface area contributed by atoms with Gasteiger partial charge in [0.15, 0.2) is 5.96 Å². The molecule has 138 valence electrons. The summed E-state index contributed by atoms with van der Waals surface area (Å²) in [5.74, 6) is 2.64. The summed E-state index contributed by atoms with van der Waals surface area (Å²) in [6.45, 7) is 12.4. The molecular weight excluding hydrogens is 419 g/mol. The average molecular weight is 450 g/mol. The quantitative estimate of drug-likeness (QED) is 0.372. The first-order valence-corrected chi connectivity index (χ1v) is 8.76. The fourth-order valence-corrected chi connectivity index (χ4v) is 2.87. The molecule has 2 heterocycles. The van der Waals surface area contributed by atoms with Crippen LogP contribution < -0.4 is 5.32 Å². The van der Waals surface area contributed by atoms with Crippen molar-refractivity contribution < 1.29 is 4.74 Å². The largest absolute Gasteiger partial charge is 0.381 e. The molecule has 0 radical (unpaired) electrons. The molecule has 7 nitrogen and oxygen atoms in total. The Morgan fingerprint density at radius 2 is 2.25 bits per heavy atom. The first-order chi connectivity index (χ1) is 11.3. The second-order valence-corrected chi connectivity index (χ2v) is 5.79. The van der Waals surface area contributed by atoms with Crippen LogP contribution in [0, 0.1) is 5.92 Å². The van der Waals surface area contributed by atoms with E-state index >= 15 is 0 Å². The number of nitrogens with one attached hydrogen (secondary N) is 1. The Balaban J connectivity index is 0.00000288. The first kappa shape index (κ1) is 21.1. The summed E-state index contributed by atoms with van der Waals surface area (Å²) in [5.41, 5.74) is 0. The number of halogens is 1. The molecule has 0 amide bonds. The van der Waals surface area contributed by atoms with Crippen LogP contribution in [-0.2, 0) is 17.7 Å². The molecular formula is C16H31IN6O. The normalized spacial score (nSPS) is 17.9. The Hall–Kier alpha value is -0.900. The van der Waals surface area contributed by atoms with E-state index < -0.39 is 0 Å².